The van der Waals surface area contributed by atoms with Crippen molar-refractivity contribution in [3.05, 3.63) is 5.41 Å². The standard InChI is InChI=1S/CNO.Mn.2O/c2-1-3;;;/q-1;;;. The van der Waals surface area contributed by atoms with Crippen LogP contribution in [0.15, 0.2) is 0 Å². The molecule has 0 saturated carbocycles. The Labute approximate surface area is 39.6 Å². The van der Waals surface area contributed by atoms with E-state index in [0.29, 0.717) is 6.08 Å². The summed E-state index contributed by atoms with van der Waals surface area (Å²) in [5.74, 6) is 0. The van der Waals surface area contributed by atoms with Crippen molar-refractivity contribution < 1.29 is 27.3 Å². The van der Waals surface area contributed by atoms with Crippen LogP contribution in [0, 0.1) is 0 Å². The molecule has 0 unspecified atom stereocenters. The van der Waals surface area contributed by atoms with Gasteiger partial charge in [-0.25, -0.2) is 0 Å². The average molecular weight is 129 g/mol. The molecule has 0 atom stereocenters. The van der Waals surface area contributed by atoms with Crippen LogP contribution >= 0.6 is 0 Å². The summed E-state index contributed by atoms with van der Waals surface area (Å²) in [5.41, 5.74) is 0. The van der Waals surface area contributed by atoms with Gasteiger partial charge in [-0.15, -0.1) is 0 Å². The first-order chi connectivity index (χ1) is 2.83. The zero-order valence-corrected chi connectivity index (χ0v) is 3.73. The first-order valence-electron chi connectivity index (χ1n) is 0.736. The van der Waals surface area contributed by atoms with Crippen LogP contribution in [0.25, 0.3) is 5.41 Å². The Morgan fingerprint density at radius 2 is 1.50 bits per heavy atom. The van der Waals surface area contributed by atoms with Crippen molar-refractivity contribution in [3.63, 3.8) is 0 Å². The van der Waals surface area contributed by atoms with Crippen LogP contribution in [0.2, 0.25) is 0 Å². The van der Waals surface area contributed by atoms with Crippen LogP contribution in [0.5, 0.6) is 0 Å². The number of rotatable bonds is 0. The van der Waals surface area contributed by atoms with Gasteiger partial charge in [-0.3, -0.25) is 4.79 Å². The minimum absolute atomic E-state index is 0.500. The quantitative estimate of drug-likeness (QED) is 0.255. The van der Waals surface area contributed by atoms with E-state index in [-0.39, 0.29) is 0 Å². The van der Waals surface area contributed by atoms with E-state index in [4.69, 9.17) is 17.9 Å². The third-order valence-electron chi connectivity index (χ3n) is 0. The van der Waals surface area contributed by atoms with Crippen molar-refractivity contribution >= 4 is 6.08 Å². The molecule has 0 aromatic carbocycles. The second kappa shape index (κ2) is 24.5. The molecule has 0 aliphatic rings. The molecule has 0 aromatic rings. The summed E-state index contributed by atoms with van der Waals surface area (Å²) in [6, 6.07) is 0. The van der Waals surface area contributed by atoms with Gasteiger partial charge in [-0.2, -0.15) is 0 Å². The second-order valence-corrected chi connectivity index (χ2v) is 0.351. The molecule has 0 N–H and O–H groups in total. The fraction of sp³-hybridized carbons (Fsp3) is 0. The Hall–Kier alpha value is -0.501. The first-order valence-corrected chi connectivity index (χ1v) is 1.70. The molecule has 0 heterocycles. The fourth-order valence-corrected chi connectivity index (χ4v) is 0. The minimum atomic E-state index is -1.44. The number of nitrogens with zero attached hydrogens (tertiary/aromatic N) is 1. The predicted octanol–water partition coefficient (Wildman–Crippen LogP) is -0.348. The maximum absolute atomic E-state index is 8.41. The van der Waals surface area contributed by atoms with E-state index in [9.17, 15) is 0 Å². The summed E-state index contributed by atoms with van der Waals surface area (Å²) in [6.07, 6.45) is 0.500. The Morgan fingerprint density at radius 1 is 1.50 bits per heavy atom. The molecule has 0 saturated heterocycles. The van der Waals surface area contributed by atoms with Crippen molar-refractivity contribution in [1.29, 1.82) is 0 Å². The van der Waals surface area contributed by atoms with Gasteiger partial charge in [-0.05, 0) is 6.08 Å². The molecule has 0 radical (unpaired) electrons. The predicted molar refractivity (Wildman–Crippen MR) is 10.4 cm³/mol. The van der Waals surface area contributed by atoms with Crippen LogP contribution in [0.1, 0.15) is 0 Å². The Kier molecular flexibility index (Phi) is 37.1. The van der Waals surface area contributed by atoms with Crippen molar-refractivity contribution in [2.45, 2.75) is 0 Å². The van der Waals surface area contributed by atoms with E-state index in [2.05, 4.69) is 0 Å². The summed E-state index contributed by atoms with van der Waals surface area (Å²) >= 11 is -1.44. The molecule has 4 nitrogen and oxygen atoms in total. The topological polar surface area (TPSA) is 73.5 Å². The average Bonchev–Trinajstić information content (AvgIpc) is 1.39. The van der Waals surface area contributed by atoms with Crippen LogP contribution in [0.3, 0.4) is 0 Å². The molecule has 35 valence electrons. The molecule has 6 heavy (non-hydrogen) atoms. The van der Waals surface area contributed by atoms with Crippen LogP contribution in [0.4, 0.5) is 0 Å². The molecule has 0 amide bonds. The van der Waals surface area contributed by atoms with Gasteiger partial charge in [0.1, 0.15) is 0 Å². The fourth-order valence-electron chi connectivity index (χ4n) is 0. The normalized spacial score (nSPS) is 3.33. The molecule has 0 fully saturated rings. The molecular formula is CMnNO3-. The number of carbonyl (C=O) groups excluding carboxylic acids is 1. The third-order valence-corrected chi connectivity index (χ3v) is 0. The molecule has 0 aliphatic carbocycles. The Bertz CT molecular complexity index is 64.8. The summed E-state index contributed by atoms with van der Waals surface area (Å²) in [4.78, 5) is 8.24. The van der Waals surface area contributed by atoms with Gasteiger partial charge >= 0.3 is 22.5 Å². The second-order valence-electron chi connectivity index (χ2n) is 0.154. The molecule has 0 spiro atoms. The molecule has 0 aliphatic heterocycles. The molecule has 5 heteroatoms. The molecule has 0 bridgehead atoms. The van der Waals surface area contributed by atoms with Gasteiger partial charge in [0.05, 0.1) is 0 Å². The van der Waals surface area contributed by atoms with E-state index in [1.807, 2.05) is 0 Å². The van der Waals surface area contributed by atoms with Crippen LogP contribution < -0.4 is 0 Å². The van der Waals surface area contributed by atoms with E-state index in [1.165, 1.54) is 0 Å². The van der Waals surface area contributed by atoms with Gasteiger partial charge < -0.3 is 5.41 Å². The zero-order chi connectivity index (χ0) is 5.41. The zero-order valence-electron chi connectivity index (χ0n) is 2.55. The van der Waals surface area contributed by atoms with Crippen molar-refractivity contribution in [3.8, 4) is 0 Å². The van der Waals surface area contributed by atoms with E-state index in [0.717, 1.165) is 0 Å². The van der Waals surface area contributed by atoms with Gasteiger partial charge in [-0.1, -0.05) is 0 Å². The van der Waals surface area contributed by atoms with E-state index < -0.39 is 14.8 Å². The van der Waals surface area contributed by atoms with Gasteiger partial charge in [0.2, 0.25) is 0 Å². The number of hydrogen-bond acceptors (Lipinski definition) is 3. The number of hydrogen-bond donors (Lipinski definition) is 0. The van der Waals surface area contributed by atoms with Crippen molar-refractivity contribution in [2.24, 2.45) is 0 Å². The van der Waals surface area contributed by atoms with E-state index in [1.54, 1.807) is 0 Å². The SMILES string of the molecule is [N-]=C=O.[O]=[Mn]=[O]. The van der Waals surface area contributed by atoms with Crippen LogP contribution in [-0.2, 0) is 27.3 Å². The monoisotopic (exact) mass is 129 g/mol. The van der Waals surface area contributed by atoms with Crippen molar-refractivity contribution in [1.82, 2.24) is 0 Å². The van der Waals surface area contributed by atoms with Crippen molar-refractivity contribution in [2.75, 3.05) is 0 Å². The number of isocyanates is 1. The molecule has 0 aromatic heterocycles. The molecule has 0 rings (SSSR count). The van der Waals surface area contributed by atoms with Gasteiger partial charge in [0.15, 0.2) is 0 Å². The summed E-state index contributed by atoms with van der Waals surface area (Å²) in [6.45, 7) is 0. The van der Waals surface area contributed by atoms with E-state index >= 15 is 0 Å². The maximum atomic E-state index is 8.41. The summed E-state index contributed by atoms with van der Waals surface area (Å²) < 4.78 is 16.8. The third kappa shape index (κ3) is 87.3. The van der Waals surface area contributed by atoms with Crippen LogP contribution in [-0.4, -0.2) is 6.08 Å². The van der Waals surface area contributed by atoms with Gasteiger partial charge in [0, 0.05) is 0 Å². The van der Waals surface area contributed by atoms with Gasteiger partial charge in [0.25, 0.3) is 0 Å². The summed E-state index contributed by atoms with van der Waals surface area (Å²) in [7, 11) is 0. The summed E-state index contributed by atoms with van der Waals surface area (Å²) in [5, 5.41) is 6.76. The Balaban J connectivity index is 0. The Morgan fingerprint density at radius 3 is 1.50 bits per heavy atom. The first kappa shape index (κ1) is 9.09. The molecular weight excluding hydrogens is 129 g/mol.